The van der Waals surface area contributed by atoms with Crippen molar-refractivity contribution in [1.29, 1.82) is 0 Å². The van der Waals surface area contributed by atoms with Crippen LogP contribution >= 0.6 is 0 Å². The van der Waals surface area contributed by atoms with Crippen molar-refractivity contribution in [3.05, 3.63) is 23.8 Å². The lowest BCUT2D eigenvalue weighted by Gasteiger charge is -2.10. The van der Waals surface area contributed by atoms with Crippen LogP contribution in [0.25, 0.3) is 0 Å². The summed E-state index contributed by atoms with van der Waals surface area (Å²) in [5.41, 5.74) is 6.45. The highest BCUT2D eigenvalue weighted by Gasteiger charge is 2.17. The third kappa shape index (κ3) is 4.73. The first-order chi connectivity index (χ1) is 8.84. The Morgan fingerprint density at radius 1 is 1.42 bits per heavy atom. The molecule has 108 valence electrons. The van der Waals surface area contributed by atoms with Gasteiger partial charge in [0.1, 0.15) is 6.61 Å². The van der Waals surface area contributed by atoms with Crippen LogP contribution in [0, 0.1) is 6.92 Å². The zero-order valence-corrected chi connectivity index (χ0v) is 11.2. The molecular weight excluding hydrogens is 278 g/mol. The van der Waals surface area contributed by atoms with Gasteiger partial charge in [0.2, 0.25) is 10.0 Å². The molecule has 1 rings (SSSR count). The summed E-state index contributed by atoms with van der Waals surface area (Å²) in [6.07, 6.45) is -2.56. The van der Waals surface area contributed by atoms with Crippen LogP contribution in [-0.4, -0.2) is 34.6 Å². The number of halogens is 2. The normalized spacial score (nSPS) is 12.0. The second-order valence-corrected chi connectivity index (χ2v) is 5.57. The summed E-state index contributed by atoms with van der Waals surface area (Å²) in [5.74, 6) is 0. The number of sulfonamides is 1. The van der Waals surface area contributed by atoms with E-state index in [0.29, 0.717) is 11.3 Å². The van der Waals surface area contributed by atoms with Crippen molar-refractivity contribution in [3.63, 3.8) is 0 Å². The number of alkyl halides is 2. The van der Waals surface area contributed by atoms with Crippen molar-refractivity contribution < 1.29 is 21.9 Å². The zero-order valence-electron chi connectivity index (χ0n) is 10.4. The summed E-state index contributed by atoms with van der Waals surface area (Å²) in [6.45, 7) is 0.685. The van der Waals surface area contributed by atoms with Gasteiger partial charge in [-0.3, -0.25) is 0 Å². The van der Waals surface area contributed by atoms with Gasteiger partial charge < -0.3 is 10.5 Å². The molecule has 19 heavy (non-hydrogen) atoms. The molecule has 0 saturated carbocycles. The molecule has 0 saturated heterocycles. The highest BCUT2D eigenvalue weighted by atomic mass is 32.2. The Kier molecular flexibility index (Phi) is 5.64. The Labute approximate surface area is 110 Å². The maximum atomic E-state index is 11.9. The molecule has 1 aromatic rings. The van der Waals surface area contributed by atoms with E-state index in [1.807, 2.05) is 0 Å². The van der Waals surface area contributed by atoms with Crippen molar-refractivity contribution in [1.82, 2.24) is 4.72 Å². The van der Waals surface area contributed by atoms with E-state index in [1.54, 1.807) is 13.0 Å². The summed E-state index contributed by atoms with van der Waals surface area (Å²) >= 11 is 0. The monoisotopic (exact) mass is 294 g/mol. The highest BCUT2D eigenvalue weighted by Crippen LogP contribution is 2.19. The highest BCUT2D eigenvalue weighted by molar-refractivity contribution is 7.89. The molecule has 0 aromatic heterocycles. The molecule has 0 aliphatic rings. The van der Waals surface area contributed by atoms with Gasteiger partial charge in [0.25, 0.3) is 6.43 Å². The van der Waals surface area contributed by atoms with Crippen LogP contribution in [0.15, 0.2) is 23.1 Å². The van der Waals surface area contributed by atoms with E-state index in [-0.39, 0.29) is 18.0 Å². The molecule has 0 bridgehead atoms. The maximum absolute atomic E-state index is 11.9. The fraction of sp³-hybridized carbons (Fsp3) is 0.455. The number of nitrogen functional groups attached to an aromatic ring is 1. The van der Waals surface area contributed by atoms with Crippen molar-refractivity contribution >= 4 is 15.7 Å². The van der Waals surface area contributed by atoms with Crippen molar-refractivity contribution in [2.75, 3.05) is 25.5 Å². The van der Waals surface area contributed by atoms with Crippen LogP contribution in [-0.2, 0) is 14.8 Å². The zero-order chi connectivity index (χ0) is 14.5. The number of anilines is 1. The van der Waals surface area contributed by atoms with Gasteiger partial charge in [-0.15, -0.1) is 0 Å². The molecule has 0 unspecified atom stereocenters. The first kappa shape index (κ1) is 15.8. The van der Waals surface area contributed by atoms with E-state index in [1.165, 1.54) is 12.1 Å². The quantitative estimate of drug-likeness (QED) is 0.583. The van der Waals surface area contributed by atoms with Gasteiger partial charge in [-0.05, 0) is 24.6 Å². The Balaban J connectivity index is 2.59. The third-order valence-electron chi connectivity index (χ3n) is 2.40. The molecule has 5 nitrogen and oxygen atoms in total. The van der Waals surface area contributed by atoms with Crippen LogP contribution in [0.2, 0.25) is 0 Å². The third-order valence-corrected chi connectivity index (χ3v) is 4.00. The maximum Gasteiger partial charge on any atom is 0.261 e. The van der Waals surface area contributed by atoms with E-state index in [4.69, 9.17) is 5.73 Å². The lowest BCUT2D eigenvalue weighted by atomic mass is 10.2. The molecule has 1 aromatic carbocycles. The molecule has 0 heterocycles. The number of hydrogen-bond acceptors (Lipinski definition) is 4. The van der Waals surface area contributed by atoms with Gasteiger partial charge in [-0.25, -0.2) is 21.9 Å². The van der Waals surface area contributed by atoms with E-state index >= 15 is 0 Å². The largest absolute Gasteiger partial charge is 0.398 e. The van der Waals surface area contributed by atoms with Crippen molar-refractivity contribution in [2.45, 2.75) is 18.2 Å². The lowest BCUT2D eigenvalue weighted by molar-refractivity contribution is 0.0199. The fourth-order valence-electron chi connectivity index (χ4n) is 1.42. The number of ether oxygens (including phenoxy) is 1. The predicted molar refractivity (Wildman–Crippen MR) is 67.6 cm³/mol. The van der Waals surface area contributed by atoms with Crippen molar-refractivity contribution in [3.8, 4) is 0 Å². The molecular formula is C11H16F2N2O3S. The fourth-order valence-corrected chi connectivity index (χ4v) is 2.71. The molecule has 8 heteroatoms. The van der Waals surface area contributed by atoms with E-state index in [9.17, 15) is 17.2 Å². The second kappa shape index (κ2) is 6.78. The van der Waals surface area contributed by atoms with E-state index < -0.39 is 23.1 Å². The van der Waals surface area contributed by atoms with Gasteiger partial charge in [0, 0.05) is 12.2 Å². The minimum Gasteiger partial charge on any atom is -0.398 e. The summed E-state index contributed by atoms with van der Waals surface area (Å²) in [4.78, 5) is 0.0707. The minimum atomic E-state index is -3.71. The minimum absolute atomic E-state index is 0.0707. The molecule has 0 amide bonds. The number of rotatable bonds is 7. The number of nitrogens with two attached hydrogens (primary N) is 1. The van der Waals surface area contributed by atoms with Crippen LogP contribution in [0.4, 0.5) is 14.5 Å². The first-order valence-corrected chi connectivity index (χ1v) is 7.03. The standard InChI is InChI=1S/C11H16F2N2O3S/c1-8-9(14)3-2-4-10(8)19(16,17)15-5-6-18-7-11(12)13/h2-4,11,15H,5-7,14H2,1H3. The van der Waals surface area contributed by atoms with Gasteiger partial charge in [0.15, 0.2) is 0 Å². The Bertz CT molecular complexity index is 521. The number of benzene rings is 1. The average Bonchev–Trinajstić information content (AvgIpc) is 2.31. The second-order valence-electron chi connectivity index (χ2n) is 3.83. The summed E-state index contributed by atoms with van der Waals surface area (Å²) in [6, 6.07) is 4.55. The van der Waals surface area contributed by atoms with Gasteiger partial charge in [-0.1, -0.05) is 6.07 Å². The number of nitrogens with one attached hydrogen (secondary N) is 1. The van der Waals surface area contributed by atoms with Gasteiger partial charge in [0.05, 0.1) is 11.5 Å². The summed E-state index contributed by atoms with van der Waals surface area (Å²) in [7, 11) is -3.71. The Morgan fingerprint density at radius 3 is 2.74 bits per heavy atom. The molecule has 0 atom stereocenters. The molecule has 0 spiro atoms. The van der Waals surface area contributed by atoms with Gasteiger partial charge >= 0.3 is 0 Å². The molecule has 0 radical (unpaired) electrons. The number of hydrogen-bond donors (Lipinski definition) is 2. The summed E-state index contributed by atoms with van der Waals surface area (Å²) < 4.78 is 54.3. The van der Waals surface area contributed by atoms with Crippen LogP contribution in [0.3, 0.4) is 0 Å². The average molecular weight is 294 g/mol. The topological polar surface area (TPSA) is 81.4 Å². The van der Waals surface area contributed by atoms with Crippen LogP contribution in [0.5, 0.6) is 0 Å². The molecule has 0 fully saturated rings. The smallest absolute Gasteiger partial charge is 0.261 e. The summed E-state index contributed by atoms with van der Waals surface area (Å²) in [5, 5.41) is 0. The Hall–Kier alpha value is -1.25. The van der Waals surface area contributed by atoms with Gasteiger partial charge in [-0.2, -0.15) is 0 Å². The van der Waals surface area contributed by atoms with E-state index in [2.05, 4.69) is 9.46 Å². The van der Waals surface area contributed by atoms with Crippen molar-refractivity contribution in [2.24, 2.45) is 0 Å². The Morgan fingerprint density at radius 2 is 2.11 bits per heavy atom. The molecule has 3 N–H and O–H groups in total. The molecule has 0 aliphatic carbocycles. The molecule has 0 aliphatic heterocycles. The van der Waals surface area contributed by atoms with E-state index in [0.717, 1.165) is 0 Å². The SMILES string of the molecule is Cc1c(N)cccc1S(=O)(=O)NCCOCC(F)F. The first-order valence-electron chi connectivity index (χ1n) is 5.55. The lowest BCUT2D eigenvalue weighted by Crippen LogP contribution is -2.28. The van der Waals surface area contributed by atoms with Crippen LogP contribution < -0.4 is 10.5 Å². The predicted octanol–water partition coefficient (Wildman–Crippen LogP) is 1.14. The van der Waals surface area contributed by atoms with Crippen LogP contribution in [0.1, 0.15) is 5.56 Å².